The summed E-state index contributed by atoms with van der Waals surface area (Å²) >= 11 is 0. The Kier molecular flexibility index (Phi) is 7.46. The van der Waals surface area contributed by atoms with Gasteiger partial charge in [-0.25, -0.2) is 13.6 Å². The fraction of sp³-hybridized carbons (Fsp3) is 0.217. The maximum atomic E-state index is 11.3. The van der Waals surface area contributed by atoms with Crippen molar-refractivity contribution < 1.29 is 17.9 Å². The zero-order valence-corrected chi connectivity index (χ0v) is 17.7. The number of hydrogen-bond acceptors (Lipinski definition) is 5. The number of methoxy groups -OCH3 is 1. The van der Waals surface area contributed by atoms with Crippen molar-refractivity contribution in [2.24, 2.45) is 5.14 Å². The third-order valence-electron chi connectivity index (χ3n) is 4.64. The molecule has 0 atom stereocenters. The average Bonchev–Trinajstić information content (AvgIpc) is 2.76. The molecule has 3 N–H and O–H groups in total. The molecule has 0 bridgehead atoms. The molecule has 0 aliphatic heterocycles. The topological polar surface area (TPSA) is 90.6 Å². The first-order valence-corrected chi connectivity index (χ1v) is 11.2. The van der Waals surface area contributed by atoms with Gasteiger partial charge in [0.15, 0.2) is 11.5 Å². The normalized spacial score (nSPS) is 11.3. The second-order valence-corrected chi connectivity index (χ2v) is 8.44. The molecule has 3 aromatic rings. The Balaban J connectivity index is 1.49. The third kappa shape index (κ3) is 6.32. The van der Waals surface area contributed by atoms with Crippen molar-refractivity contribution in [3.63, 3.8) is 0 Å². The van der Waals surface area contributed by atoms with E-state index in [9.17, 15) is 8.42 Å². The number of nitrogens with one attached hydrogen (secondary N) is 1. The van der Waals surface area contributed by atoms with E-state index in [4.69, 9.17) is 14.6 Å². The van der Waals surface area contributed by atoms with Gasteiger partial charge in [0.1, 0.15) is 6.61 Å². The molecule has 0 amide bonds. The molecule has 0 saturated heterocycles. The lowest BCUT2D eigenvalue weighted by Crippen LogP contribution is -2.17. The van der Waals surface area contributed by atoms with Gasteiger partial charge in [0.25, 0.3) is 0 Å². The average molecular weight is 427 g/mol. The molecule has 0 unspecified atom stereocenters. The highest BCUT2D eigenvalue weighted by Crippen LogP contribution is 2.28. The fourth-order valence-corrected chi connectivity index (χ4v) is 3.50. The van der Waals surface area contributed by atoms with Crippen molar-refractivity contribution in [1.29, 1.82) is 0 Å². The lowest BCUT2D eigenvalue weighted by molar-refractivity contribution is 0.284. The Morgan fingerprint density at radius 3 is 2.23 bits per heavy atom. The minimum atomic E-state index is -3.65. The first kappa shape index (κ1) is 21.8. The molecule has 6 nitrogen and oxygen atoms in total. The van der Waals surface area contributed by atoms with Crippen LogP contribution in [0.15, 0.2) is 77.7 Å². The summed E-state index contributed by atoms with van der Waals surface area (Å²) in [5.41, 5.74) is 3.23. The third-order valence-corrected chi connectivity index (χ3v) is 5.57. The Labute approximate surface area is 177 Å². The largest absolute Gasteiger partial charge is 0.493 e. The predicted molar refractivity (Wildman–Crippen MR) is 117 cm³/mol. The van der Waals surface area contributed by atoms with Crippen molar-refractivity contribution in [2.75, 3.05) is 13.7 Å². The summed E-state index contributed by atoms with van der Waals surface area (Å²) in [6.07, 6.45) is 0.778. The van der Waals surface area contributed by atoms with Crippen LogP contribution in [-0.4, -0.2) is 22.1 Å². The molecule has 0 aromatic heterocycles. The van der Waals surface area contributed by atoms with Gasteiger partial charge in [-0.1, -0.05) is 48.5 Å². The summed E-state index contributed by atoms with van der Waals surface area (Å²) in [6, 6.07) is 22.5. The van der Waals surface area contributed by atoms with E-state index in [0.29, 0.717) is 24.7 Å². The zero-order valence-electron chi connectivity index (χ0n) is 16.9. The molecule has 30 heavy (non-hydrogen) atoms. The molecule has 0 heterocycles. The van der Waals surface area contributed by atoms with Crippen LogP contribution in [0.4, 0.5) is 0 Å². The second-order valence-electron chi connectivity index (χ2n) is 6.88. The summed E-state index contributed by atoms with van der Waals surface area (Å²) in [5, 5.41) is 8.50. The van der Waals surface area contributed by atoms with Gasteiger partial charge in [-0.15, -0.1) is 0 Å². The maximum Gasteiger partial charge on any atom is 0.238 e. The van der Waals surface area contributed by atoms with Crippen molar-refractivity contribution >= 4 is 10.0 Å². The molecule has 3 rings (SSSR count). The van der Waals surface area contributed by atoms with E-state index in [1.54, 1.807) is 19.2 Å². The molecule has 3 aromatic carbocycles. The van der Waals surface area contributed by atoms with Gasteiger partial charge in [0.2, 0.25) is 10.0 Å². The number of primary sulfonamides is 1. The Morgan fingerprint density at radius 1 is 0.867 bits per heavy atom. The molecule has 7 heteroatoms. The van der Waals surface area contributed by atoms with Crippen molar-refractivity contribution in [1.82, 2.24) is 5.32 Å². The summed E-state index contributed by atoms with van der Waals surface area (Å²) in [6.45, 7) is 1.92. The van der Waals surface area contributed by atoms with Crippen LogP contribution in [0.25, 0.3) is 0 Å². The zero-order chi connectivity index (χ0) is 21.4. The minimum Gasteiger partial charge on any atom is -0.493 e. The van der Waals surface area contributed by atoms with Crippen LogP contribution >= 0.6 is 0 Å². The Morgan fingerprint density at radius 2 is 1.57 bits per heavy atom. The van der Waals surface area contributed by atoms with E-state index in [1.807, 2.05) is 48.5 Å². The summed E-state index contributed by atoms with van der Waals surface area (Å²) in [7, 11) is -2.02. The van der Waals surface area contributed by atoms with E-state index in [2.05, 4.69) is 5.32 Å². The monoisotopic (exact) mass is 426 g/mol. The Hall–Kier alpha value is -2.87. The molecule has 0 aliphatic carbocycles. The van der Waals surface area contributed by atoms with E-state index in [-0.39, 0.29) is 4.90 Å². The van der Waals surface area contributed by atoms with Crippen molar-refractivity contribution in [2.45, 2.75) is 24.5 Å². The van der Waals surface area contributed by atoms with Gasteiger partial charge < -0.3 is 14.8 Å². The van der Waals surface area contributed by atoms with Crippen LogP contribution in [0.3, 0.4) is 0 Å². The lowest BCUT2D eigenvalue weighted by atomic mass is 10.1. The summed E-state index contributed by atoms with van der Waals surface area (Å²) in [4.78, 5) is 0.126. The second kappa shape index (κ2) is 10.2. The quantitative estimate of drug-likeness (QED) is 0.486. The molecule has 0 aliphatic rings. The molecular weight excluding hydrogens is 400 g/mol. The highest BCUT2D eigenvalue weighted by Gasteiger charge is 2.08. The van der Waals surface area contributed by atoms with E-state index in [0.717, 1.165) is 29.7 Å². The number of rotatable bonds is 10. The SMILES string of the molecule is COc1cc(CNCCc2ccc(S(N)(=O)=O)cc2)ccc1OCc1ccccc1. The molecule has 158 valence electrons. The Bertz CT molecular complexity index is 1050. The molecule has 0 saturated carbocycles. The number of hydrogen-bond donors (Lipinski definition) is 2. The van der Waals surface area contributed by atoms with Crippen LogP contribution in [0, 0.1) is 0 Å². The van der Waals surface area contributed by atoms with Crippen molar-refractivity contribution in [3.8, 4) is 11.5 Å². The number of ether oxygens (including phenoxy) is 2. The van der Waals surface area contributed by atoms with Gasteiger partial charge >= 0.3 is 0 Å². The molecule has 0 fully saturated rings. The van der Waals surface area contributed by atoms with E-state index in [1.165, 1.54) is 12.1 Å². The fourth-order valence-electron chi connectivity index (χ4n) is 2.99. The highest BCUT2D eigenvalue weighted by atomic mass is 32.2. The minimum absolute atomic E-state index is 0.126. The highest BCUT2D eigenvalue weighted by molar-refractivity contribution is 7.89. The van der Waals surface area contributed by atoms with Crippen LogP contribution < -0.4 is 19.9 Å². The summed E-state index contributed by atoms with van der Waals surface area (Å²) in [5.74, 6) is 1.41. The maximum absolute atomic E-state index is 11.3. The van der Waals surface area contributed by atoms with Crippen LogP contribution in [0.2, 0.25) is 0 Å². The van der Waals surface area contributed by atoms with Gasteiger partial charge in [0.05, 0.1) is 12.0 Å². The number of nitrogens with two attached hydrogens (primary N) is 1. The standard InChI is InChI=1S/C23H26N2O4S/c1-28-23-15-20(9-12-22(23)29-17-19-5-3-2-4-6-19)16-25-14-13-18-7-10-21(11-8-18)30(24,26)27/h2-12,15,25H,13-14,16-17H2,1H3,(H2,24,26,27). The van der Waals surface area contributed by atoms with Gasteiger partial charge in [0, 0.05) is 6.54 Å². The van der Waals surface area contributed by atoms with Crippen molar-refractivity contribution in [3.05, 3.63) is 89.5 Å². The van der Waals surface area contributed by atoms with Gasteiger partial charge in [-0.05, 0) is 53.9 Å². The first-order chi connectivity index (χ1) is 14.5. The van der Waals surface area contributed by atoms with Crippen LogP contribution in [-0.2, 0) is 29.6 Å². The van der Waals surface area contributed by atoms with Gasteiger partial charge in [-0.3, -0.25) is 0 Å². The van der Waals surface area contributed by atoms with Crippen LogP contribution in [0.1, 0.15) is 16.7 Å². The smallest absolute Gasteiger partial charge is 0.238 e. The predicted octanol–water partition coefficient (Wildman–Crippen LogP) is 3.25. The molecule has 0 radical (unpaired) electrons. The first-order valence-electron chi connectivity index (χ1n) is 9.62. The molecule has 0 spiro atoms. The molecular formula is C23H26N2O4S. The number of benzene rings is 3. The van der Waals surface area contributed by atoms with E-state index >= 15 is 0 Å². The van der Waals surface area contributed by atoms with E-state index < -0.39 is 10.0 Å². The van der Waals surface area contributed by atoms with Gasteiger partial charge in [-0.2, -0.15) is 0 Å². The van der Waals surface area contributed by atoms with Crippen LogP contribution in [0.5, 0.6) is 11.5 Å². The summed E-state index contributed by atoms with van der Waals surface area (Å²) < 4.78 is 34.0. The lowest BCUT2D eigenvalue weighted by Gasteiger charge is -2.13. The number of sulfonamides is 1.